The van der Waals surface area contributed by atoms with E-state index in [-0.39, 0.29) is 52.1 Å². The lowest BCUT2D eigenvalue weighted by molar-refractivity contribution is -0.173. The van der Waals surface area contributed by atoms with Gasteiger partial charge in [0.05, 0.1) is 26.4 Å². The van der Waals surface area contributed by atoms with Crippen molar-refractivity contribution >= 4 is 23.9 Å². The summed E-state index contributed by atoms with van der Waals surface area (Å²) < 4.78 is 22.2. The van der Waals surface area contributed by atoms with Gasteiger partial charge >= 0.3 is 23.9 Å². The summed E-state index contributed by atoms with van der Waals surface area (Å²) in [7, 11) is 0. The third kappa shape index (κ3) is 6.88. The molecule has 5 aromatic carbocycles. The minimum absolute atomic E-state index is 0.152. The molecule has 0 atom stereocenters. The van der Waals surface area contributed by atoms with Crippen molar-refractivity contribution in [2.24, 2.45) is 10.8 Å². The van der Waals surface area contributed by atoms with Gasteiger partial charge in [-0.3, -0.25) is 19.2 Å². The van der Waals surface area contributed by atoms with Crippen molar-refractivity contribution in [2.45, 2.75) is 67.2 Å². The van der Waals surface area contributed by atoms with Crippen LogP contribution in [0, 0.1) is 24.7 Å². The zero-order chi connectivity index (χ0) is 41.2. The Morgan fingerprint density at radius 2 is 0.724 bits per heavy atom. The van der Waals surface area contributed by atoms with E-state index in [9.17, 15) is 19.2 Å². The van der Waals surface area contributed by atoms with Crippen molar-refractivity contribution in [1.29, 1.82) is 0 Å². The number of hydrogen-bond donors (Lipinski definition) is 0. The number of fused-ring (bicyclic) bond motifs is 2. The van der Waals surface area contributed by atoms with Crippen molar-refractivity contribution in [3.8, 4) is 44.5 Å². The molecule has 0 bridgehead atoms. The van der Waals surface area contributed by atoms with E-state index < -0.39 is 34.7 Å². The molecule has 2 aliphatic carbocycles. The highest BCUT2D eigenvalue weighted by atomic mass is 16.6. The van der Waals surface area contributed by atoms with Crippen molar-refractivity contribution in [3.63, 3.8) is 0 Å². The van der Waals surface area contributed by atoms with Gasteiger partial charge in [0.1, 0.15) is 0 Å². The van der Waals surface area contributed by atoms with Crippen LogP contribution in [0.5, 0.6) is 0 Å². The van der Waals surface area contributed by atoms with Crippen LogP contribution in [-0.2, 0) is 63.8 Å². The summed E-state index contributed by atoms with van der Waals surface area (Å²) in [6.07, 6.45) is 0.709. The summed E-state index contributed by atoms with van der Waals surface area (Å²) in [5, 5.41) is 0. The van der Waals surface area contributed by atoms with Gasteiger partial charge in [0.25, 0.3) is 0 Å². The smallest absolute Gasteiger partial charge is 0.324 e. The van der Waals surface area contributed by atoms with Crippen LogP contribution in [0.25, 0.3) is 44.5 Å². The first-order valence-electron chi connectivity index (χ1n) is 20.2. The molecule has 0 saturated carbocycles. The molecule has 5 aromatic rings. The normalized spacial score (nSPS) is 14.6. The number of hydrogen-bond acceptors (Lipinski definition) is 8. The topological polar surface area (TPSA) is 105 Å². The van der Waals surface area contributed by atoms with E-state index in [0.29, 0.717) is 0 Å². The second-order valence-electron chi connectivity index (χ2n) is 15.2. The van der Waals surface area contributed by atoms with E-state index in [1.54, 1.807) is 27.7 Å². The van der Waals surface area contributed by atoms with Crippen LogP contribution < -0.4 is 0 Å². The molecule has 8 nitrogen and oxygen atoms in total. The molecule has 2 aliphatic rings. The summed E-state index contributed by atoms with van der Waals surface area (Å²) in [4.78, 5) is 54.9. The van der Waals surface area contributed by atoms with E-state index in [2.05, 4.69) is 44.2 Å². The van der Waals surface area contributed by atoms with Crippen molar-refractivity contribution < 1.29 is 38.1 Å². The number of benzene rings is 5. The molecule has 0 unspecified atom stereocenters. The van der Waals surface area contributed by atoms with Gasteiger partial charge in [0.2, 0.25) is 0 Å². The predicted molar refractivity (Wildman–Crippen MR) is 224 cm³/mol. The zero-order valence-electron chi connectivity index (χ0n) is 34.2. The minimum Gasteiger partial charge on any atom is -0.465 e. The zero-order valence-corrected chi connectivity index (χ0v) is 34.2. The molecule has 0 spiro atoms. The van der Waals surface area contributed by atoms with E-state index >= 15 is 0 Å². The van der Waals surface area contributed by atoms with Gasteiger partial charge in [-0.2, -0.15) is 0 Å². The second-order valence-corrected chi connectivity index (χ2v) is 15.2. The number of ether oxygens (including phenoxy) is 4. The summed E-state index contributed by atoms with van der Waals surface area (Å²) in [6, 6.07) is 32.8. The number of esters is 4. The van der Waals surface area contributed by atoms with E-state index in [1.165, 1.54) is 0 Å². The van der Waals surface area contributed by atoms with Gasteiger partial charge in [-0.1, -0.05) is 78.9 Å². The molecule has 0 aromatic heterocycles. The maximum atomic E-state index is 13.7. The lowest BCUT2D eigenvalue weighted by atomic mass is 9.84. The fraction of sp³-hybridized carbons (Fsp3) is 0.320. The lowest BCUT2D eigenvalue weighted by Crippen LogP contribution is -2.43. The van der Waals surface area contributed by atoms with Crippen LogP contribution >= 0.6 is 0 Å². The first-order chi connectivity index (χ1) is 28.0. The predicted octanol–water partition coefficient (Wildman–Crippen LogP) is 9.39. The Morgan fingerprint density at radius 1 is 0.414 bits per heavy atom. The van der Waals surface area contributed by atoms with E-state index in [4.69, 9.17) is 18.9 Å². The quantitative estimate of drug-likeness (QED) is 0.0701. The van der Waals surface area contributed by atoms with E-state index in [1.807, 2.05) is 66.7 Å². The highest BCUT2D eigenvalue weighted by Crippen LogP contribution is 2.50. The molecule has 58 heavy (non-hydrogen) atoms. The van der Waals surface area contributed by atoms with Gasteiger partial charge in [-0.15, -0.1) is 0 Å². The summed E-state index contributed by atoms with van der Waals surface area (Å²) in [5.74, 6) is -2.27. The molecule has 0 saturated heterocycles. The minimum atomic E-state index is -1.49. The fourth-order valence-electron chi connectivity index (χ4n) is 9.02. The Bertz CT molecular complexity index is 2190. The number of carbonyl (C=O) groups excluding carboxylic acids is 4. The molecular weight excluding hydrogens is 729 g/mol. The molecule has 0 radical (unpaired) electrons. The molecule has 8 heteroatoms. The first-order valence-corrected chi connectivity index (χ1v) is 20.2. The van der Waals surface area contributed by atoms with Crippen LogP contribution in [0.3, 0.4) is 0 Å². The second kappa shape index (κ2) is 16.5. The van der Waals surface area contributed by atoms with Crippen LogP contribution in [0.2, 0.25) is 0 Å². The highest BCUT2D eigenvalue weighted by Gasteiger charge is 2.55. The lowest BCUT2D eigenvalue weighted by Gasteiger charge is -2.24. The van der Waals surface area contributed by atoms with Gasteiger partial charge in [-0.25, -0.2) is 0 Å². The average Bonchev–Trinajstić information content (AvgIpc) is 3.86. The average molecular weight is 779 g/mol. The third-order valence-electron chi connectivity index (χ3n) is 11.9. The Labute approximate surface area is 340 Å². The van der Waals surface area contributed by atoms with Gasteiger partial charge in [0, 0.05) is 25.7 Å². The number of rotatable bonds is 12. The monoisotopic (exact) mass is 778 g/mol. The molecule has 0 amide bonds. The largest absolute Gasteiger partial charge is 0.465 e. The first kappa shape index (κ1) is 40.2. The maximum absolute atomic E-state index is 13.7. The fourth-order valence-corrected chi connectivity index (χ4v) is 9.02. The van der Waals surface area contributed by atoms with Crippen LogP contribution in [0.4, 0.5) is 0 Å². The number of carbonyl (C=O) groups is 4. The van der Waals surface area contributed by atoms with E-state index in [0.717, 1.165) is 77.9 Å². The Kier molecular flexibility index (Phi) is 11.4. The Hall–Kier alpha value is -6.02. The molecule has 0 aliphatic heterocycles. The molecule has 0 heterocycles. The van der Waals surface area contributed by atoms with Crippen molar-refractivity contribution in [2.75, 3.05) is 26.4 Å². The van der Waals surface area contributed by atoms with Crippen molar-refractivity contribution in [3.05, 3.63) is 130 Å². The third-order valence-corrected chi connectivity index (χ3v) is 11.9. The molecule has 7 rings (SSSR count). The summed E-state index contributed by atoms with van der Waals surface area (Å²) >= 11 is 0. The maximum Gasteiger partial charge on any atom is 0.324 e. The Balaban J connectivity index is 1.40. The molecule has 298 valence electrons. The van der Waals surface area contributed by atoms with Gasteiger partial charge in [-0.05, 0) is 138 Å². The van der Waals surface area contributed by atoms with Crippen LogP contribution in [-0.4, -0.2) is 50.3 Å². The van der Waals surface area contributed by atoms with Crippen molar-refractivity contribution in [1.82, 2.24) is 0 Å². The molecular formula is C50H50O8. The van der Waals surface area contributed by atoms with Gasteiger partial charge in [0.15, 0.2) is 10.8 Å². The van der Waals surface area contributed by atoms with Crippen LogP contribution in [0.15, 0.2) is 97.1 Å². The van der Waals surface area contributed by atoms with Gasteiger partial charge < -0.3 is 18.9 Å². The summed E-state index contributed by atoms with van der Waals surface area (Å²) in [6.45, 7) is 11.7. The highest BCUT2D eigenvalue weighted by molar-refractivity contribution is 6.04. The van der Waals surface area contributed by atoms with Crippen LogP contribution in [0.1, 0.15) is 61.1 Å². The summed E-state index contributed by atoms with van der Waals surface area (Å²) in [5.41, 5.74) is 10.5. The molecule has 0 fully saturated rings. The standard InChI is InChI=1S/C50H50O8/c1-7-55-45(51)49(46(52)56-8-2)27-41-31(5)37(25-39(43(41)29-49)33-18-13-11-14-19-33)35-22-17-23-36(24-35)38-26-40(34-20-15-12-16-21-34)44-30-50(47(53)57-9-3,48(54)58-10-4)28-42(44)32(38)6/h11-26H,7-10,27-30H2,1-6H3. The Morgan fingerprint density at radius 3 is 1.05 bits per heavy atom. The molecule has 0 N–H and O–H groups in total. The SMILES string of the molecule is CCOC(=O)C1(C(=O)OCC)Cc2c(-c3ccccc3)cc(-c3cccc(-c4cc(-c5ccccc5)c5c(c4C)CC(C(=O)OCC)(C(=O)OCC)C5)c3)c(C)c2C1.